The average molecular weight is 329 g/mol. The first-order chi connectivity index (χ1) is 10.2. The molecule has 1 unspecified atom stereocenters. The summed E-state index contributed by atoms with van der Waals surface area (Å²) in [5, 5.41) is 2.96. The van der Waals surface area contributed by atoms with Gasteiger partial charge < -0.3 is 15.2 Å². The van der Waals surface area contributed by atoms with Gasteiger partial charge in [-0.2, -0.15) is 0 Å². The van der Waals surface area contributed by atoms with Gasteiger partial charge in [0, 0.05) is 17.3 Å². The van der Waals surface area contributed by atoms with Gasteiger partial charge in [0.2, 0.25) is 0 Å². The third-order valence-corrected chi connectivity index (χ3v) is 3.08. The van der Waals surface area contributed by atoms with E-state index in [0.717, 1.165) is 0 Å². The first kappa shape index (κ1) is 18.3. The van der Waals surface area contributed by atoms with Crippen LogP contribution in [0.4, 0.5) is 10.5 Å². The van der Waals surface area contributed by atoms with E-state index < -0.39 is 23.6 Å². The lowest BCUT2D eigenvalue weighted by Gasteiger charge is -2.20. The lowest BCUT2D eigenvalue weighted by molar-refractivity contribution is -0.142. The Hall–Kier alpha value is -1.79. The van der Waals surface area contributed by atoms with Crippen LogP contribution in [0.25, 0.3) is 0 Å². The van der Waals surface area contributed by atoms with Gasteiger partial charge in [0.15, 0.2) is 0 Å². The van der Waals surface area contributed by atoms with Crippen molar-refractivity contribution >= 4 is 29.4 Å². The number of methoxy groups -OCH3 is 1. The number of anilines is 1. The van der Waals surface area contributed by atoms with E-state index in [-0.39, 0.29) is 6.54 Å². The van der Waals surface area contributed by atoms with E-state index >= 15 is 0 Å². The molecule has 1 amide bonds. The molecule has 1 aromatic carbocycles. The summed E-state index contributed by atoms with van der Waals surface area (Å²) in [4.78, 5) is 23.5. The van der Waals surface area contributed by atoms with Crippen LogP contribution in [0.2, 0.25) is 5.02 Å². The van der Waals surface area contributed by atoms with Gasteiger partial charge >= 0.3 is 12.1 Å². The summed E-state index contributed by atoms with van der Waals surface area (Å²) in [5.41, 5.74) is 5.95. The van der Waals surface area contributed by atoms with Crippen LogP contribution < -0.4 is 11.1 Å². The number of carbonyl (C=O) groups excluding carboxylic acids is 2. The van der Waals surface area contributed by atoms with Crippen LogP contribution in [0.5, 0.6) is 0 Å². The summed E-state index contributed by atoms with van der Waals surface area (Å²) in [6, 6.07) is 4.77. The lowest BCUT2D eigenvalue weighted by Crippen LogP contribution is -2.27. The quantitative estimate of drug-likeness (QED) is 0.829. The van der Waals surface area contributed by atoms with Crippen molar-refractivity contribution in [2.24, 2.45) is 5.73 Å². The maximum atomic E-state index is 11.8. The molecule has 0 saturated heterocycles. The fraction of sp³-hybridized carbons (Fsp3) is 0.467. The molecule has 122 valence electrons. The average Bonchev–Trinajstić information content (AvgIpc) is 2.40. The minimum atomic E-state index is -0.696. The molecule has 0 aliphatic heterocycles. The van der Waals surface area contributed by atoms with Crippen molar-refractivity contribution < 1.29 is 19.1 Å². The molecule has 0 radical (unpaired) electrons. The minimum Gasteiger partial charge on any atom is -0.469 e. The van der Waals surface area contributed by atoms with Crippen molar-refractivity contribution in [1.82, 2.24) is 0 Å². The van der Waals surface area contributed by atoms with E-state index in [2.05, 4.69) is 5.32 Å². The Morgan fingerprint density at radius 3 is 2.50 bits per heavy atom. The highest BCUT2D eigenvalue weighted by Gasteiger charge is 2.23. The number of esters is 1. The molecule has 1 aromatic rings. The van der Waals surface area contributed by atoms with Gasteiger partial charge in [-0.15, -0.1) is 0 Å². The Morgan fingerprint density at radius 2 is 2.00 bits per heavy atom. The molecule has 0 spiro atoms. The first-order valence-corrected chi connectivity index (χ1v) is 7.13. The molecule has 0 aromatic heterocycles. The molecule has 6 nitrogen and oxygen atoms in total. The van der Waals surface area contributed by atoms with Crippen molar-refractivity contribution in [3.8, 4) is 0 Å². The number of carbonyl (C=O) groups is 2. The molecule has 0 bridgehead atoms. The predicted octanol–water partition coefficient (Wildman–Crippen LogP) is 2.90. The SMILES string of the molecule is COC(=O)C(CN)c1cc(NC(=O)OC(C)(C)C)ccc1Cl. The molecule has 0 fully saturated rings. The predicted molar refractivity (Wildman–Crippen MR) is 85.1 cm³/mol. The number of nitrogens with two attached hydrogens (primary N) is 1. The molecule has 0 saturated carbocycles. The number of nitrogens with one attached hydrogen (secondary N) is 1. The topological polar surface area (TPSA) is 90.6 Å². The summed E-state index contributed by atoms with van der Waals surface area (Å²) in [6.07, 6.45) is -0.594. The van der Waals surface area contributed by atoms with Crippen molar-refractivity contribution in [2.45, 2.75) is 32.3 Å². The fourth-order valence-corrected chi connectivity index (χ4v) is 2.05. The van der Waals surface area contributed by atoms with Crippen molar-refractivity contribution in [3.63, 3.8) is 0 Å². The smallest absolute Gasteiger partial charge is 0.412 e. The zero-order valence-electron chi connectivity index (χ0n) is 13.1. The molecule has 0 heterocycles. The highest BCUT2D eigenvalue weighted by molar-refractivity contribution is 6.31. The standard InChI is InChI=1S/C15H21ClN2O4/c1-15(2,3)22-14(20)18-9-5-6-12(16)10(7-9)11(8-17)13(19)21-4/h5-7,11H,8,17H2,1-4H3,(H,18,20). The largest absolute Gasteiger partial charge is 0.469 e. The second kappa shape index (κ2) is 7.47. The normalized spacial score (nSPS) is 12.5. The second-order valence-electron chi connectivity index (χ2n) is 5.67. The van der Waals surface area contributed by atoms with Gasteiger partial charge in [-0.1, -0.05) is 11.6 Å². The number of benzene rings is 1. The molecular weight excluding hydrogens is 308 g/mol. The van der Waals surface area contributed by atoms with E-state index in [1.807, 2.05) is 0 Å². The lowest BCUT2D eigenvalue weighted by atomic mass is 9.98. The highest BCUT2D eigenvalue weighted by atomic mass is 35.5. The number of hydrogen-bond donors (Lipinski definition) is 2. The number of ether oxygens (including phenoxy) is 2. The summed E-state index contributed by atoms with van der Waals surface area (Å²) < 4.78 is 9.88. The van der Waals surface area contributed by atoms with Crippen LogP contribution in [0.3, 0.4) is 0 Å². The van der Waals surface area contributed by atoms with Gasteiger partial charge in [-0.05, 0) is 44.5 Å². The van der Waals surface area contributed by atoms with E-state index in [4.69, 9.17) is 26.8 Å². The molecule has 3 N–H and O–H groups in total. The molecule has 0 aliphatic rings. The molecular formula is C15H21ClN2O4. The van der Waals surface area contributed by atoms with Crippen LogP contribution in [0.1, 0.15) is 32.3 Å². The van der Waals surface area contributed by atoms with Crippen LogP contribution >= 0.6 is 11.6 Å². The van der Waals surface area contributed by atoms with Crippen LogP contribution in [-0.2, 0) is 14.3 Å². The maximum absolute atomic E-state index is 11.8. The van der Waals surface area contributed by atoms with Crippen molar-refractivity contribution in [2.75, 3.05) is 19.0 Å². The Balaban J connectivity index is 2.99. The van der Waals surface area contributed by atoms with E-state index in [1.54, 1.807) is 39.0 Å². The number of hydrogen-bond acceptors (Lipinski definition) is 5. The van der Waals surface area contributed by atoms with E-state index in [1.165, 1.54) is 7.11 Å². The van der Waals surface area contributed by atoms with Crippen molar-refractivity contribution in [3.05, 3.63) is 28.8 Å². The van der Waals surface area contributed by atoms with Gasteiger partial charge in [0.05, 0.1) is 13.0 Å². The van der Waals surface area contributed by atoms with E-state index in [9.17, 15) is 9.59 Å². The first-order valence-electron chi connectivity index (χ1n) is 6.75. The van der Waals surface area contributed by atoms with E-state index in [0.29, 0.717) is 16.3 Å². The summed E-state index contributed by atoms with van der Waals surface area (Å²) in [5.74, 6) is -1.18. The summed E-state index contributed by atoms with van der Waals surface area (Å²) in [7, 11) is 1.28. The van der Waals surface area contributed by atoms with Gasteiger partial charge in [0.25, 0.3) is 0 Å². The summed E-state index contributed by atoms with van der Waals surface area (Å²) in [6.45, 7) is 5.34. The summed E-state index contributed by atoms with van der Waals surface area (Å²) >= 11 is 6.11. The monoisotopic (exact) mass is 328 g/mol. The van der Waals surface area contributed by atoms with Gasteiger partial charge in [0.1, 0.15) is 5.60 Å². The van der Waals surface area contributed by atoms with Gasteiger partial charge in [-0.25, -0.2) is 4.79 Å². The van der Waals surface area contributed by atoms with Crippen LogP contribution in [0.15, 0.2) is 18.2 Å². The zero-order chi connectivity index (χ0) is 16.9. The number of amides is 1. The molecule has 22 heavy (non-hydrogen) atoms. The Labute approximate surface area is 134 Å². The third-order valence-electron chi connectivity index (χ3n) is 2.74. The molecule has 7 heteroatoms. The Morgan fingerprint density at radius 1 is 1.36 bits per heavy atom. The molecule has 0 aliphatic carbocycles. The van der Waals surface area contributed by atoms with Crippen LogP contribution in [-0.4, -0.2) is 31.3 Å². The number of rotatable bonds is 4. The third kappa shape index (κ3) is 5.20. The minimum absolute atomic E-state index is 0.0439. The molecule has 1 rings (SSSR count). The van der Waals surface area contributed by atoms with Crippen LogP contribution in [0, 0.1) is 0 Å². The zero-order valence-corrected chi connectivity index (χ0v) is 13.9. The second-order valence-corrected chi connectivity index (χ2v) is 6.08. The van der Waals surface area contributed by atoms with Crippen molar-refractivity contribution in [1.29, 1.82) is 0 Å². The maximum Gasteiger partial charge on any atom is 0.412 e. The fourth-order valence-electron chi connectivity index (χ4n) is 1.80. The van der Waals surface area contributed by atoms with Gasteiger partial charge in [-0.3, -0.25) is 10.1 Å². The number of halogens is 1. The Kier molecular flexibility index (Phi) is 6.20. The Bertz CT molecular complexity index is 555. The molecule has 1 atom stereocenters. The highest BCUT2D eigenvalue weighted by Crippen LogP contribution is 2.28.